The zero-order valence-electron chi connectivity index (χ0n) is 15.0. The zero-order valence-corrected chi connectivity index (χ0v) is 15.0. The van der Waals surface area contributed by atoms with E-state index in [-0.39, 0.29) is 12.1 Å². The van der Waals surface area contributed by atoms with E-state index >= 15 is 0 Å². The molecule has 11 heteroatoms. The van der Waals surface area contributed by atoms with Crippen LogP contribution >= 0.6 is 0 Å². The number of carbonyl (C=O) groups is 1. The van der Waals surface area contributed by atoms with Crippen LogP contribution in [0.25, 0.3) is 5.57 Å². The molecule has 2 aromatic carbocycles. The van der Waals surface area contributed by atoms with Crippen molar-refractivity contribution in [1.82, 2.24) is 0 Å². The maximum Gasteiger partial charge on any atom is 0.417 e. The number of urea groups is 1. The van der Waals surface area contributed by atoms with E-state index < -0.39 is 35.2 Å². The van der Waals surface area contributed by atoms with Crippen LogP contribution < -0.4 is 16.4 Å². The van der Waals surface area contributed by atoms with E-state index in [0.29, 0.717) is 17.9 Å². The van der Waals surface area contributed by atoms with Crippen molar-refractivity contribution in [2.75, 3.05) is 10.6 Å². The molecular formula is C19H14F6N4O. The molecular weight excluding hydrogens is 414 g/mol. The Morgan fingerprint density at radius 3 is 2.10 bits per heavy atom. The van der Waals surface area contributed by atoms with Crippen molar-refractivity contribution in [3.8, 4) is 0 Å². The van der Waals surface area contributed by atoms with Gasteiger partial charge in [-0.15, -0.1) is 0 Å². The van der Waals surface area contributed by atoms with Crippen LogP contribution in [0, 0.1) is 0 Å². The van der Waals surface area contributed by atoms with Crippen LogP contribution in [-0.4, -0.2) is 11.9 Å². The van der Waals surface area contributed by atoms with Crippen LogP contribution in [0.2, 0.25) is 0 Å². The van der Waals surface area contributed by atoms with E-state index in [1.807, 2.05) is 0 Å². The fourth-order valence-electron chi connectivity index (χ4n) is 2.82. The van der Waals surface area contributed by atoms with Crippen molar-refractivity contribution in [3.63, 3.8) is 0 Å². The van der Waals surface area contributed by atoms with Crippen molar-refractivity contribution in [3.05, 3.63) is 65.4 Å². The molecule has 0 bridgehead atoms. The first-order valence-electron chi connectivity index (χ1n) is 8.41. The molecule has 1 heterocycles. The Morgan fingerprint density at radius 1 is 0.900 bits per heavy atom. The second-order valence-corrected chi connectivity index (χ2v) is 6.37. The number of nitrogens with one attached hydrogen (secondary N) is 2. The molecule has 0 fully saturated rings. The molecule has 0 saturated carbocycles. The summed E-state index contributed by atoms with van der Waals surface area (Å²) in [4.78, 5) is 16.1. The highest BCUT2D eigenvalue weighted by Gasteiger charge is 2.43. The predicted molar refractivity (Wildman–Crippen MR) is 99.7 cm³/mol. The molecule has 2 aromatic rings. The molecule has 158 valence electrons. The smallest absolute Gasteiger partial charge is 0.387 e. The lowest BCUT2D eigenvalue weighted by Gasteiger charge is -2.17. The fourth-order valence-corrected chi connectivity index (χ4v) is 2.82. The van der Waals surface area contributed by atoms with Crippen LogP contribution in [0.4, 0.5) is 42.5 Å². The van der Waals surface area contributed by atoms with Crippen LogP contribution in [0.1, 0.15) is 23.1 Å². The van der Waals surface area contributed by atoms with Crippen molar-refractivity contribution in [2.24, 2.45) is 10.7 Å². The van der Waals surface area contributed by atoms with Crippen LogP contribution in [-0.2, 0) is 12.4 Å². The largest absolute Gasteiger partial charge is 0.417 e. The number of amides is 2. The molecule has 0 radical (unpaired) electrons. The summed E-state index contributed by atoms with van der Waals surface area (Å²) in [5.74, 6) is 0.434. The topological polar surface area (TPSA) is 79.5 Å². The average Bonchev–Trinajstić information content (AvgIpc) is 3.06. The summed E-state index contributed by atoms with van der Waals surface area (Å²) >= 11 is 0. The third kappa shape index (κ3) is 4.91. The number of nitrogens with two attached hydrogens (primary N) is 1. The number of hydrogen-bond donors (Lipinski definition) is 3. The zero-order chi connectivity index (χ0) is 22.1. The highest BCUT2D eigenvalue weighted by Crippen LogP contribution is 2.41. The molecule has 5 nitrogen and oxygen atoms in total. The first-order chi connectivity index (χ1) is 13.9. The van der Waals surface area contributed by atoms with Crippen LogP contribution in [0.15, 0.2) is 53.7 Å². The van der Waals surface area contributed by atoms with Crippen LogP contribution in [0.3, 0.4) is 0 Å². The van der Waals surface area contributed by atoms with E-state index in [4.69, 9.17) is 5.73 Å². The second-order valence-electron chi connectivity index (χ2n) is 6.37. The maximum atomic E-state index is 13.0. The van der Waals surface area contributed by atoms with Gasteiger partial charge in [-0.05, 0) is 41.5 Å². The summed E-state index contributed by atoms with van der Waals surface area (Å²) in [6.07, 6.45) is -8.42. The van der Waals surface area contributed by atoms with E-state index in [2.05, 4.69) is 15.6 Å². The summed E-state index contributed by atoms with van der Waals surface area (Å²) in [6.45, 7) is 0. The minimum absolute atomic E-state index is 0.238. The lowest BCUT2D eigenvalue weighted by Crippen LogP contribution is -2.21. The van der Waals surface area contributed by atoms with Gasteiger partial charge in [0.1, 0.15) is 5.84 Å². The van der Waals surface area contributed by atoms with E-state index in [9.17, 15) is 31.1 Å². The van der Waals surface area contributed by atoms with Crippen molar-refractivity contribution in [2.45, 2.75) is 18.8 Å². The monoisotopic (exact) mass is 428 g/mol. The number of alkyl halides is 6. The van der Waals surface area contributed by atoms with Crippen molar-refractivity contribution < 1.29 is 31.1 Å². The highest BCUT2D eigenvalue weighted by molar-refractivity contribution is 6.00. The number of aliphatic imine (C=N–C) groups is 1. The molecule has 4 N–H and O–H groups in total. The summed E-state index contributed by atoms with van der Waals surface area (Å²) in [5.41, 5.74) is 3.31. The molecule has 0 atom stereocenters. The Kier molecular flexibility index (Phi) is 5.47. The van der Waals surface area contributed by atoms with Crippen molar-refractivity contribution >= 4 is 28.8 Å². The number of amidine groups is 1. The Balaban J connectivity index is 1.76. The predicted octanol–water partition coefficient (Wildman–Crippen LogP) is 5.47. The summed E-state index contributed by atoms with van der Waals surface area (Å²) in [6, 6.07) is 6.88. The van der Waals surface area contributed by atoms with Gasteiger partial charge in [0.25, 0.3) is 0 Å². The van der Waals surface area contributed by atoms with Gasteiger partial charge in [-0.2, -0.15) is 26.3 Å². The quantitative estimate of drug-likeness (QED) is 0.567. The minimum Gasteiger partial charge on any atom is -0.387 e. The Morgan fingerprint density at radius 2 is 1.53 bits per heavy atom. The third-order valence-corrected chi connectivity index (χ3v) is 4.14. The highest BCUT2D eigenvalue weighted by atomic mass is 19.4. The molecule has 3 rings (SSSR count). The van der Waals surface area contributed by atoms with Gasteiger partial charge in [0.15, 0.2) is 0 Å². The Hall–Kier alpha value is -3.50. The number of hydrogen-bond acceptors (Lipinski definition) is 3. The lowest BCUT2D eigenvalue weighted by molar-refractivity contribution is -0.162. The maximum absolute atomic E-state index is 13.0. The normalized spacial score (nSPS) is 14.2. The Labute approximate surface area is 166 Å². The van der Waals surface area contributed by atoms with Crippen LogP contribution in [0.5, 0.6) is 0 Å². The molecule has 0 aromatic heterocycles. The third-order valence-electron chi connectivity index (χ3n) is 4.14. The van der Waals surface area contributed by atoms with E-state index in [0.717, 1.165) is 17.2 Å². The number of rotatable bonds is 3. The molecule has 0 aliphatic carbocycles. The first kappa shape index (κ1) is 21.2. The molecule has 0 spiro atoms. The van der Waals surface area contributed by atoms with E-state index in [1.54, 1.807) is 24.4 Å². The van der Waals surface area contributed by atoms with Gasteiger partial charge in [-0.1, -0.05) is 12.1 Å². The lowest BCUT2D eigenvalue weighted by atomic mass is 10.0. The summed E-state index contributed by atoms with van der Waals surface area (Å²) in [7, 11) is 0. The van der Waals surface area contributed by atoms with Gasteiger partial charge in [0.05, 0.1) is 11.1 Å². The van der Waals surface area contributed by atoms with Gasteiger partial charge < -0.3 is 16.4 Å². The van der Waals surface area contributed by atoms with Gasteiger partial charge >= 0.3 is 18.4 Å². The molecule has 1 aliphatic rings. The SMILES string of the molecule is NC1=NC=C(c2cccc(NC(=O)Nc3ccc(C(F)(F)F)c(C(F)(F)F)c3)c2)C1. The van der Waals surface area contributed by atoms with E-state index in [1.165, 1.54) is 6.07 Å². The first-order valence-corrected chi connectivity index (χ1v) is 8.41. The summed E-state index contributed by atoms with van der Waals surface area (Å²) < 4.78 is 77.5. The molecule has 0 unspecified atom stereocenters. The Bertz CT molecular complexity index is 1040. The number of carbonyl (C=O) groups excluding carboxylic acids is 1. The molecule has 0 saturated heterocycles. The number of nitrogens with zero attached hydrogens (tertiary/aromatic N) is 1. The van der Waals surface area contributed by atoms with Gasteiger partial charge in [-0.3, -0.25) is 0 Å². The fraction of sp³-hybridized carbons (Fsp3) is 0.158. The number of benzene rings is 2. The van der Waals surface area contributed by atoms with Gasteiger partial charge in [0.2, 0.25) is 0 Å². The average molecular weight is 428 g/mol. The second kappa shape index (κ2) is 7.73. The van der Waals surface area contributed by atoms with Gasteiger partial charge in [0, 0.05) is 24.0 Å². The number of anilines is 2. The number of halogens is 6. The van der Waals surface area contributed by atoms with Gasteiger partial charge in [-0.25, -0.2) is 9.79 Å². The minimum atomic E-state index is -5.24. The molecule has 2 amide bonds. The standard InChI is InChI=1S/C19H14F6N4O/c20-18(21,22)14-5-4-13(8-15(14)19(23,24)25)29-17(30)28-12-3-1-2-10(6-12)11-7-16(26)27-9-11/h1-6,8-9H,7H2,(H2,26,27)(H2,28,29,30). The molecule has 1 aliphatic heterocycles. The van der Waals surface area contributed by atoms with Crippen molar-refractivity contribution in [1.29, 1.82) is 0 Å². The molecule has 30 heavy (non-hydrogen) atoms. The summed E-state index contributed by atoms with van der Waals surface area (Å²) in [5, 5.41) is 4.52.